The fourth-order valence-electron chi connectivity index (χ4n) is 4.45. The number of carbonyl (C=O) groups excluding carboxylic acids is 1. The van der Waals surface area contributed by atoms with Gasteiger partial charge in [-0.15, -0.1) is 0 Å². The summed E-state index contributed by atoms with van der Waals surface area (Å²) in [6.45, 7) is 10.4. The van der Waals surface area contributed by atoms with Crippen molar-refractivity contribution in [3.8, 4) is 0 Å². The molecule has 2 aliphatic heterocycles. The average molecular weight is 515 g/mol. The minimum atomic E-state index is -0.0397. The van der Waals surface area contributed by atoms with Crippen molar-refractivity contribution in [3.63, 3.8) is 0 Å². The monoisotopic (exact) mass is 514 g/mol. The molecule has 3 aromatic carbocycles. The van der Waals surface area contributed by atoms with Gasteiger partial charge in [0, 0.05) is 30.7 Å². The molecule has 7 heteroatoms. The molecule has 5 rings (SSSR count). The number of para-hydroxylation sites is 1. The van der Waals surface area contributed by atoms with Gasteiger partial charge in [0.15, 0.2) is 5.17 Å². The van der Waals surface area contributed by atoms with E-state index in [0.717, 1.165) is 51.2 Å². The lowest BCUT2D eigenvalue weighted by atomic mass is 10.1. The van der Waals surface area contributed by atoms with Crippen LogP contribution in [0.2, 0.25) is 0 Å². The minimum Gasteiger partial charge on any atom is -0.372 e. The molecule has 0 saturated carbocycles. The van der Waals surface area contributed by atoms with Crippen molar-refractivity contribution in [2.45, 2.75) is 32.6 Å². The van der Waals surface area contributed by atoms with Crippen LogP contribution in [-0.2, 0) is 4.79 Å². The lowest BCUT2D eigenvalue weighted by Gasteiger charge is -2.22. The standard InChI is InChI=1S/C29H30N4OS2/c1-6-32(7-2)22-16-17-23(20(4)18-22)30-29-33(21-14-12-19(3)13-15-21)27(34)26(36-29)28-31(5)24-10-8-9-11-25(24)35-28/h8-18H,6-7H2,1-5H3/b28-26-,30-29?. The summed E-state index contributed by atoms with van der Waals surface area (Å²) >= 11 is 3.10. The van der Waals surface area contributed by atoms with Gasteiger partial charge in [-0.05, 0) is 87.5 Å². The third-order valence-corrected chi connectivity index (χ3v) is 8.93. The van der Waals surface area contributed by atoms with Crippen LogP contribution < -0.4 is 14.7 Å². The molecule has 0 aromatic heterocycles. The lowest BCUT2D eigenvalue weighted by molar-refractivity contribution is -0.113. The Morgan fingerprint density at radius 3 is 2.31 bits per heavy atom. The van der Waals surface area contributed by atoms with E-state index in [9.17, 15) is 4.79 Å². The number of benzene rings is 3. The zero-order valence-corrected chi connectivity index (χ0v) is 22.9. The zero-order chi connectivity index (χ0) is 25.4. The maximum atomic E-state index is 13.9. The number of thioether (sulfide) groups is 2. The Morgan fingerprint density at radius 2 is 1.64 bits per heavy atom. The van der Waals surface area contributed by atoms with Crippen molar-refractivity contribution < 1.29 is 4.79 Å². The second kappa shape index (κ2) is 10.1. The van der Waals surface area contributed by atoms with Crippen molar-refractivity contribution in [2.24, 2.45) is 4.99 Å². The van der Waals surface area contributed by atoms with Gasteiger partial charge in [-0.3, -0.25) is 9.69 Å². The molecule has 0 aliphatic carbocycles. The molecule has 0 bridgehead atoms. The molecule has 2 heterocycles. The average Bonchev–Trinajstić information content (AvgIpc) is 3.38. The summed E-state index contributed by atoms with van der Waals surface area (Å²) in [7, 11) is 2.02. The number of hydrogen-bond donors (Lipinski definition) is 0. The number of amides is 1. The number of amidine groups is 1. The van der Waals surface area contributed by atoms with E-state index in [0.29, 0.717) is 10.1 Å². The van der Waals surface area contributed by atoms with E-state index >= 15 is 0 Å². The number of anilines is 3. The highest BCUT2D eigenvalue weighted by Crippen LogP contribution is 2.50. The molecule has 2 aliphatic rings. The van der Waals surface area contributed by atoms with E-state index < -0.39 is 0 Å². The van der Waals surface area contributed by atoms with Gasteiger partial charge in [-0.1, -0.05) is 41.6 Å². The first kappa shape index (κ1) is 24.5. The number of aliphatic imine (C=N–C) groups is 1. The summed E-state index contributed by atoms with van der Waals surface area (Å²) < 4.78 is 0. The van der Waals surface area contributed by atoms with Crippen molar-refractivity contribution in [2.75, 3.05) is 34.8 Å². The third kappa shape index (κ3) is 4.42. The summed E-state index contributed by atoms with van der Waals surface area (Å²) in [5.41, 5.74) is 6.25. The molecular formula is C29H30N4OS2. The summed E-state index contributed by atoms with van der Waals surface area (Å²) in [5, 5.41) is 1.62. The van der Waals surface area contributed by atoms with E-state index in [2.05, 4.69) is 67.8 Å². The summed E-state index contributed by atoms with van der Waals surface area (Å²) in [4.78, 5) is 27.0. The van der Waals surface area contributed by atoms with Crippen LogP contribution in [0.1, 0.15) is 25.0 Å². The predicted molar refractivity (Wildman–Crippen MR) is 156 cm³/mol. The van der Waals surface area contributed by atoms with Gasteiger partial charge in [0.1, 0.15) is 4.91 Å². The lowest BCUT2D eigenvalue weighted by Crippen LogP contribution is -2.29. The van der Waals surface area contributed by atoms with Gasteiger partial charge in [0.05, 0.1) is 22.1 Å². The SMILES string of the molecule is CCN(CC)c1ccc(N=C2S/C(=C3\Sc4ccccc4N3C)C(=O)N2c2ccc(C)cc2)c(C)c1. The molecule has 0 radical (unpaired) electrons. The Hall–Kier alpha value is -3.16. The fourth-order valence-corrected chi connectivity index (χ4v) is 6.79. The van der Waals surface area contributed by atoms with Gasteiger partial charge in [0.2, 0.25) is 0 Å². The van der Waals surface area contributed by atoms with Crippen molar-refractivity contribution in [1.82, 2.24) is 0 Å². The Labute approximate surface area is 221 Å². The van der Waals surface area contributed by atoms with E-state index in [1.54, 1.807) is 16.7 Å². The molecule has 5 nitrogen and oxygen atoms in total. The molecule has 0 unspecified atom stereocenters. The largest absolute Gasteiger partial charge is 0.372 e. The van der Waals surface area contributed by atoms with Crippen LogP contribution in [0.4, 0.5) is 22.7 Å². The van der Waals surface area contributed by atoms with Crippen LogP contribution in [0.15, 0.2) is 86.6 Å². The van der Waals surface area contributed by atoms with Crippen molar-refractivity contribution in [1.29, 1.82) is 0 Å². The molecule has 3 aromatic rings. The Kier molecular flexibility index (Phi) is 6.86. The molecule has 0 atom stereocenters. The molecule has 1 saturated heterocycles. The molecule has 1 fully saturated rings. The van der Waals surface area contributed by atoms with Crippen LogP contribution in [0, 0.1) is 13.8 Å². The van der Waals surface area contributed by atoms with Crippen molar-refractivity contribution in [3.05, 3.63) is 87.8 Å². The van der Waals surface area contributed by atoms with Crippen molar-refractivity contribution >= 4 is 57.3 Å². The minimum absolute atomic E-state index is 0.0397. The van der Waals surface area contributed by atoms with E-state index in [4.69, 9.17) is 4.99 Å². The van der Waals surface area contributed by atoms with Crippen LogP contribution in [0.25, 0.3) is 0 Å². The number of nitrogens with zero attached hydrogens (tertiary/aromatic N) is 4. The highest BCUT2D eigenvalue weighted by atomic mass is 32.2. The predicted octanol–water partition coefficient (Wildman–Crippen LogP) is 7.33. The molecule has 184 valence electrons. The van der Waals surface area contributed by atoms with E-state index in [-0.39, 0.29) is 5.91 Å². The maximum Gasteiger partial charge on any atom is 0.274 e. The van der Waals surface area contributed by atoms with Gasteiger partial charge >= 0.3 is 0 Å². The van der Waals surface area contributed by atoms with Crippen LogP contribution in [0.5, 0.6) is 0 Å². The first-order valence-electron chi connectivity index (χ1n) is 12.2. The van der Waals surface area contributed by atoms with Gasteiger partial charge in [0.25, 0.3) is 5.91 Å². The van der Waals surface area contributed by atoms with Crippen LogP contribution in [0.3, 0.4) is 0 Å². The van der Waals surface area contributed by atoms with E-state index in [1.807, 2.05) is 43.4 Å². The van der Waals surface area contributed by atoms with Crippen LogP contribution >= 0.6 is 23.5 Å². The molecule has 0 spiro atoms. The molecular weight excluding hydrogens is 484 g/mol. The summed E-state index contributed by atoms with van der Waals surface area (Å²) in [6, 6.07) is 22.7. The Morgan fingerprint density at radius 1 is 0.917 bits per heavy atom. The molecule has 0 N–H and O–H groups in total. The van der Waals surface area contributed by atoms with Gasteiger partial charge in [-0.2, -0.15) is 0 Å². The van der Waals surface area contributed by atoms with Gasteiger partial charge < -0.3 is 9.80 Å². The Bertz CT molecular complexity index is 1380. The topological polar surface area (TPSA) is 39.1 Å². The fraction of sp³-hybridized carbons (Fsp3) is 0.241. The number of aryl methyl sites for hydroxylation is 2. The van der Waals surface area contributed by atoms with Gasteiger partial charge in [-0.25, -0.2) is 4.99 Å². The molecule has 36 heavy (non-hydrogen) atoms. The van der Waals surface area contributed by atoms with Crippen LogP contribution in [-0.4, -0.2) is 31.2 Å². The highest BCUT2D eigenvalue weighted by molar-refractivity contribution is 8.20. The second-order valence-electron chi connectivity index (χ2n) is 8.88. The first-order chi connectivity index (χ1) is 17.4. The number of fused-ring (bicyclic) bond motifs is 1. The smallest absolute Gasteiger partial charge is 0.274 e. The highest BCUT2D eigenvalue weighted by Gasteiger charge is 2.40. The molecule has 1 amide bonds. The maximum absolute atomic E-state index is 13.9. The van der Waals surface area contributed by atoms with E-state index in [1.165, 1.54) is 17.4 Å². The Balaban J connectivity index is 1.58. The number of rotatable bonds is 5. The second-order valence-corrected chi connectivity index (χ2v) is 10.9. The summed E-state index contributed by atoms with van der Waals surface area (Å²) in [6.07, 6.45) is 0. The summed E-state index contributed by atoms with van der Waals surface area (Å²) in [5.74, 6) is -0.0397. The normalized spacial score (nSPS) is 18.4. The zero-order valence-electron chi connectivity index (χ0n) is 21.3. The quantitative estimate of drug-likeness (QED) is 0.333. The number of carbonyl (C=O) groups is 1. The third-order valence-electron chi connectivity index (χ3n) is 6.53. The number of hydrogen-bond acceptors (Lipinski definition) is 6. The first-order valence-corrected chi connectivity index (χ1v) is 13.8.